The predicted molar refractivity (Wildman–Crippen MR) is 84.8 cm³/mol. The zero-order chi connectivity index (χ0) is 16.9. The van der Waals surface area contributed by atoms with Gasteiger partial charge >= 0.3 is 0 Å². The fourth-order valence-corrected chi connectivity index (χ4v) is 2.50. The molecule has 2 N–H and O–H groups in total. The minimum Gasteiger partial charge on any atom is -0.354 e. The number of hydrogen-bond donors (Lipinski definition) is 2. The van der Waals surface area contributed by atoms with Gasteiger partial charge in [-0.3, -0.25) is 9.59 Å². The molecule has 8 heteroatoms. The van der Waals surface area contributed by atoms with Gasteiger partial charge in [0.05, 0.1) is 15.5 Å². The topological polar surface area (TPSA) is 92.3 Å². The molecular weight excluding hydrogens is 328 g/mol. The highest BCUT2D eigenvalue weighted by Crippen LogP contribution is 2.20. The standard InChI is InChI=1S/C14H19ClN2O4S/c1-4-7-16-13(18)9(2)17-14(19)11-8-10(22(3,20)21)5-6-12(11)15/h5-6,8-9H,4,7H2,1-3H3,(H,16,18)(H,17,19). The first-order valence-corrected chi connectivity index (χ1v) is 9.02. The summed E-state index contributed by atoms with van der Waals surface area (Å²) in [6.07, 6.45) is 1.83. The Morgan fingerprint density at radius 2 is 1.95 bits per heavy atom. The van der Waals surface area contributed by atoms with Gasteiger partial charge in [-0.2, -0.15) is 0 Å². The second-order valence-electron chi connectivity index (χ2n) is 4.90. The number of rotatable bonds is 6. The van der Waals surface area contributed by atoms with Crippen molar-refractivity contribution < 1.29 is 18.0 Å². The van der Waals surface area contributed by atoms with Crippen molar-refractivity contribution in [1.29, 1.82) is 0 Å². The summed E-state index contributed by atoms with van der Waals surface area (Å²) in [6.45, 7) is 3.97. The third-order valence-corrected chi connectivity index (χ3v) is 4.34. The van der Waals surface area contributed by atoms with E-state index in [1.807, 2.05) is 6.92 Å². The van der Waals surface area contributed by atoms with Gasteiger partial charge < -0.3 is 10.6 Å². The second-order valence-corrected chi connectivity index (χ2v) is 7.32. The number of carbonyl (C=O) groups excluding carboxylic acids is 2. The van der Waals surface area contributed by atoms with Gasteiger partial charge in [0.2, 0.25) is 5.91 Å². The number of hydrogen-bond acceptors (Lipinski definition) is 4. The Morgan fingerprint density at radius 3 is 2.50 bits per heavy atom. The van der Waals surface area contributed by atoms with Crippen molar-refractivity contribution in [2.24, 2.45) is 0 Å². The highest BCUT2D eigenvalue weighted by atomic mass is 35.5. The van der Waals surface area contributed by atoms with Gasteiger partial charge in [0.25, 0.3) is 5.91 Å². The van der Waals surface area contributed by atoms with Crippen LogP contribution in [0, 0.1) is 0 Å². The van der Waals surface area contributed by atoms with Gasteiger partial charge in [-0.25, -0.2) is 8.42 Å². The summed E-state index contributed by atoms with van der Waals surface area (Å²) in [4.78, 5) is 23.9. The minimum atomic E-state index is -3.45. The van der Waals surface area contributed by atoms with Crippen molar-refractivity contribution in [3.8, 4) is 0 Å². The van der Waals surface area contributed by atoms with Crippen LogP contribution in [0.4, 0.5) is 0 Å². The molecular formula is C14H19ClN2O4S. The molecule has 0 radical (unpaired) electrons. The molecule has 1 aromatic carbocycles. The quantitative estimate of drug-likeness (QED) is 0.814. The van der Waals surface area contributed by atoms with Crippen molar-refractivity contribution in [2.45, 2.75) is 31.2 Å². The van der Waals surface area contributed by atoms with E-state index in [0.717, 1.165) is 12.7 Å². The van der Waals surface area contributed by atoms with E-state index in [0.29, 0.717) is 6.54 Å². The lowest BCUT2D eigenvalue weighted by molar-refractivity contribution is -0.122. The third-order valence-electron chi connectivity index (χ3n) is 2.90. The van der Waals surface area contributed by atoms with E-state index in [1.54, 1.807) is 0 Å². The van der Waals surface area contributed by atoms with Crippen LogP contribution in [-0.2, 0) is 14.6 Å². The van der Waals surface area contributed by atoms with E-state index in [4.69, 9.17) is 11.6 Å². The Kier molecular flexibility index (Phi) is 6.37. The molecule has 0 aliphatic rings. The van der Waals surface area contributed by atoms with Gasteiger partial charge in [0, 0.05) is 12.8 Å². The minimum absolute atomic E-state index is 0.00913. The molecule has 2 amide bonds. The van der Waals surface area contributed by atoms with Crippen LogP contribution in [-0.4, -0.2) is 39.1 Å². The lowest BCUT2D eigenvalue weighted by Crippen LogP contribution is -2.45. The Hall–Kier alpha value is -1.60. The number of sulfone groups is 1. The molecule has 0 spiro atoms. The lowest BCUT2D eigenvalue weighted by Gasteiger charge is -2.14. The van der Waals surface area contributed by atoms with E-state index in [2.05, 4.69) is 10.6 Å². The first-order chi connectivity index (χ1) is 10.2. The molecule has 1 aromatic rings. The highest BCUT2D eigenvalue weighted by Gasteiger charge is 2.19. The number of amides is 2. The van der Waals surface area contributed by atoms with Gasteiger partial charge in [-0.15, -0.1) is 0 Å². The zero-order valence-corrected chi connectivity index (χ0v) is 14.2. The molecule has 22 heavy (non-hydrogen) atoms. The summed E-state index contributed by atoms with van der Waals surface area (Å²) in [6, 6.07) is 3.11. The molecule has 6 nitrogen and oxygen atoms in total. The lowest BCUT2D eigenvalue weighted by atomic mass is 10.2. The average molecular weight is 347 g/mol. The maximum Gasteiger partial charge on any atom is 0.253 e. The SMILES string of the molecule is CCCNC(=O)C(C)NC(=O)c1cc(S(C)(=O)=O)ccc1Cl. The molecule has 0 heterocycles. The molecule has 1 unspecified atom stereocenters. The van der Waals surface area contributed by atoms with Gasteiger partial charge in [0.15, 0.2) is 9.84 Å². The first kappa shape index (κ1) is 18.4. The van der Waals surface area contributed by atoms with Crippen molar-refractivity contribution in [3.63, 3.8) is 0 Å². The van der Waals surface area contributed by atoms with Crippen molar-refractivity contribution in [1.82, 2.24) is 10.6 Å². The van der Waals surface area contributed by atoms with Crippen LogP contribution in [0.5, 0.6) is 0 Å². The summed E-state index contributed by atoms with van der Waals surface area (Å²) in [7, 11) is -3.45. The van der Waals surface area contributed by atoms with Crippen LogP contribution in [0.1, 0.15) is 30.6 Å². The molecule has 122 valence electrons. The molecule has 0 fully saturated rings. The number of halogens is 1. The normalized spacial score (nSPS) is 12.5. The van der Waals surface area contributed by atoms with E-state index in [1.165, 1.54) is 25.1 Å². The molecule has 1 rings (SSSR count). The van der Waals surface area contributed by atoms with Crippen molar-refractivity contribution in [3.05, 3.63) is 28.8 Å². The zero-order valence-electron chi connectivity index (χ0n) is 12.6. The maximum absolute atomic E-state index is 12.2. The van der Waals surface area contributed by atoms with Crippen LogP contribution in [0.15, 0.2) is 23.1 Å². The van der Waals surface area contributed by atoms with Crippen LogP contribution < -0.4 is 10.6 Å². The number of nitrogens with one attached hydrogen (secondary N) is 2. The van der Waals surface area contributed by atoms with Gasteiger partial charge in [-0.1, -0.05) is 18.5 Å². The molecule has 1 atom stereocenters. The van der Waals surface area contributed by atoms with Crippen molar-refractivity contribution >= 4 is 33.3 Å². The fourth-order valence-electron chi connectivity index (χ4n) is 1.65. The van der Waals surface area contributed by atoms with E-state index >= 15 is 0 Å². The summed E-state index contributed by atoms with van der Waals surface area (Å²) in [5.74, 6) is -0.916. The molecule has 0 aliphatic carbocycles. The fraction of sp³-hybridized carbons (Fsp3) is 0.429. The van der Waals surface area contributed by atoms with Crippen LogP contribution >= 0.6 is 11.6 Å². The third kappa shape index (κ3) is 4.99. The Morgan fingerprint density at radius 1 is 1.32 bits per heavy atom. The summed E-state index contributed by atoms with van der Waals surface area (Å²) in [5, 5.41) is 5.27. The number of carbonyl (C=O) groups is 2. The van der Waals surface area contributed by atoms with Gasteiger partial charge in [-0.05, 0) is 31.5 Å². The molecule has 0 saturated heterocycles. The van der Waals surface area contributed by atoms with Gasteiger partial charge in [0.1, 0.15) is 6.04 Å². The summed E-state index contributed by atoms with van der Waals surface area (Å²) >= 11 is 5.93. The maximum atomic E-state index is 12.2. The largest absolute Gasteiger partial charge is 0.354 e. The molecule has 0 bridgehead atoms. The molecule has 0 saturated carbocycles. The Labute approximate surface area is 135 Å². The predicted octanol–water partition coefficient (Wildman–Crippen LogP) is 1.39. The summed E-state index contributed by atoms with van der Waals surface area (Å²) in [5.41, 5.74) is 0.0136. The van der Waals surface area contributed by atoms with E-state index < -0.39 is 21.8 Å². The second kappa shape index (κ2) is 7.60. The summed E-state index contributed by atoms with van der Waals surface area (Å²) < 4.78 is 23.1. The van der Waals surface area contributed by atoms with Crippen molar-refractivity contribution in [2.75, 3.05) is 12.8 Å². The average Bonchev–Trinajstić information content (AvgIpc) is 2.43. The van der Waals surface area contributed by atoms with Crippen LogP contribution in [0.3, 0.4) is 0 Å². The van der Waals surface area contributed by atoms with E-state index in [-0.39, 0.29) is 21.4 Å². The highest BCUT2D eigenvalue weighted by molar-refractivity contribution is 7.90. The van der Waals surface area contributed by atoms with Crippen LogP contribution in [0.25, 0.3) is 0 Å². The monoisotopic (exact) mass is 346 g/mol. The Bertz CT molecular complexity index is 673. The smallest absolute Gasteiger partial charge is 0.253 e. The molecule has 0 aromatic heterocycles. The van der Waals surface area contributed by atoms with E-state index in [9.17, 15) is 18.0 Å². The number of benzene rings is 1. The Balaban J connectivity index is 2.92. The van der Waals surface area contributed by atoms with Crippen LogP contribution in [0.2, 0.25) is 5.02 Å². The first-order valence-electron chi connectivity index (χ1n) is 6.75. The molecule has 0 aliphatic heterocycles.